The molecule has 0 aromatic rings. The number of unbranched alkanes of at least 4 members (excludes halogenated alkanes) is 4. The number of carbonyl (C=O) groups is 2. The van der Waals surface area contributed by atoms with Gasteiger partial charge in [0.2, 0.25) is 0 Å². The van der Waals surface area contributed by atoms with Gasteiger partial charge in [-0.3, -0.25) is 0 Å². The Morgan fingerprint density at radius 3 is 2.47 bits per heavy atom. The molecule has 3 nitrogen and oxygen atoms in total. The number of allylic oxidation sites excluding steroid dienone is 1. The minimum Gasteiger partial charge on any atom is -0.466 e. The van der Waals surface area contributed by atoms with Crippen molar-refractivity contribution in [3.05, 3.63) is 11.6 Å². The number of rotatable bonds is 8. The Hall–Kier alpha value is -0.640. The molecule has 0 aliphatic heterocycles. The minimum atomic E-state index is -0.278. The van der Waals surface area contributed by atoms with Gasteiger partial charge in [0.15, 0.2) is 0 Å². The lowest BCUT2D eigenvalue weighted by molar-refractivity contribution is -0.136. The van der Waals surface area contributed by atoms with Gasteiger partial charge in [0.05, 0.1) is 7.11 Å². The van der Waals surface area contributed by atoms with Crippen LogP contribution in [-0.2, 0) is 14.3 Å². The highest BCUT2D eigenvalue weighted by Gasteiger charge is 2.06. The highest BCUT2D eigenvalue weighted by atomic mass is 79.9. The molecule has 0 N–H and O–H groups in total. The van der Waals surface area contributed by atoms with Crippen LogP contribution in [0.1, 0.15) is 32.1 Å². The molecule has 15 heavy (non-hydrogen) atoms. The number of esters is 1. The van der Waals surface area contributed by atoms with Crippen molar-refractivity contribution in [3.8, 4) is 0 Å². The van der Waals surface area contributed by atoms with Crippen molar-refractivity contribution in [2.24, 2.45) is 0 Å². The summed E-state index contributed by atoms with van der Waals surface area (Å²) in [5, 5.41) is 0.522. The second-order valence-electron chi connectivity index (χ2n) is 3.16. The maximum atomic E-state index is 11.1. The van der Waals surface area contributed by atoms with E-state index in [0.717, 1.165) is 32.0 Å². The van der Waals surface area contributed by atoms with Crippen molar-refractivity contribution in [2.75, 3.05) is 12.4 Å². The molecule has 4 heteroatoms. The molecular formula is C11H17BrO3. The highest BCUT2D eigenvalue weighted by molar-refractivity contribution is 9.09. The van der Waals surface area contributed by atoms with Gasteiger partial charge >= 0.3 is 5.97 Å². The van der Waals surface area contributed by atoms with E-state index in [1.54, 1.807) is 0 Å². The molecule has 0 heterocycles. The number of hydrogen-bond acceptors (Lipinski definition) is 3. The Kier molecular flexibility index (Phi) is 9.48. The summed E-state index contributed by atoms with van der Waals surface area (Å²) in [5.41, 5.74) is 0.660. The minimum absolute atomic E-state index is 0.278. The largest absolute Gasteiger partial charge is 0.466 e. The van der Waals surface area contributed by atoms with Crippen LogP contribution in [0.3, 0.4) is 0 Å². The zero-order chi connectivity index (χ0) is 11.5. The Labute approximate surface area is 99.0 Å². The number of halogens is 1. The highest BCUT2D eigenvalue weighted by Crippen LogP contribution is 2.08. The third kappa shape index (κ3) is 7.31. The van der Waals surface area contributed by atoms with Gasteiger partial charge in [-0.2, -0.15) is 0 Å². The maximum absolute atomic E-state index is 11.1. The van der Waals surface area contributed by atoms with E-state index in [1.807, 2.05) is 6.08 Å². The van der Waals surface area contributed by atoms with Gasteiger partial charge in [0, 0.05) is 17.3 Å². The third-order valence-corrected chi connectivity index (χ3v) is 2.61. The van der Waals surface area contributed by atoms with Crippen LogP contribution in [0.5, 0.6) is 0 Å². The Bertz CT molecular complexity index is 224. The number of alkyl halides is 1. The molecule has 0 aromatic heterocycles. The number of hydrogen-bond donors (Lipinski definition) is 0. The quantitative estimate of drug-likeness (QED) is 0.225. The first-order chi connectivity index (χ1) is 7.26. The maximum Gasteiger partial charge on any atom is 0.334 e. The average molecular weight is 277 g/mol. The van der Waals surface area contributed by atoms with Gasteiger partial charge in [0.25, 0.3) is 0 Å². The molecule has 0 saturated heterocycles. The summed E-state index contributed by atoms with van der Waals surface area (Å²) in [7, 11) is 1.38. The fourth-order valence-electron chi connectivity index (χ4n) is 1.15. The first kappa shape index (κ1) is 14.4. The van der Waals surface area contributed by atoms with Crippen molar-refractivity contribution < 1.29 is 14.3 Å². The zero-order valence-corrected chi connectivity index (χ0v) is 10.6. The van der Waals surface area contributed by atoms with E-state index in [2.05, 4.69) is 20.7 Å². The van der Waals surface area contributed by atoms with Gasteiger partial charge in [-0.05, 0) is 19.3 Å². The first-order valence-corrected chi connectivity index (χ1v) is 6.15. The summed E-state index contributed by atoms with van der Waals surface area (Å²) >= 11 is 3.24. The Balaban J connectivity index is 3.71. The fourth-order valence-corrected chi connectivity index (χ4v) is 1.61. The number of ether oxygens (including phenoxy) is 1. The van der Waals surface area contributed by atoms with Gasteiger partial charge in [-0.25, -0.2) is 4.79 Å². The van der Waals surface area contributed by atoms with Crippen molar-refractivity contribution in [1.29, 1.82) is 0 Å². The van der Waals surface area contributed by atoms with E-state index in [-0.39, 0.29) is 5.97 Å². The molecule has 0 spiro atoms. The summed E-state index contributed by atoms with van der Waals surface area (Å²) in [6.07, 6.45) is 7.27. The van der Waals surface area contributed by atoms with E-state index >= 15 is 0 Å². The Morgan fingerprint density at radius 1 is 1.27 bits per heavy atom. The van der Waals surface area contributed by atoms with Gasteiger partial charge < -0.3 is 9.53 Å². The second-order valence-corrected chi connectivity index (χ2v) is 3.72. The van der Waals surface area contributed by atoms with Crippen LogP contribution in [-0.4, -0.2) is 24.7 Å². The average Bonchev–Trinajstić information content (AvgIpc) is 2.27. The summed E-state index contributed by atoms with van der Waals surface area (Å²) in [5.74, 6) is -0.278. The van der Waals surface area contributed by atoms with Crippen LogP contribution < -0.4 is 0 Å². The normalized spacial score (nSPS) is 11.2. The molecule has 0 fully saturated rings. The summed E-state index contributed by atoms with van der Waals surface area (Å²) in [4.78, 5) is 21.2. The van der Waals surface area contributed by atoms with Crippen LogP contribution >= 0.6 is 15.9 Å². The fraction of sp³-hybridized carbons (Fsp3) is 0.636. The van der Waals surface area contributed by atoms with Crippen molar-refractivity contribution in [1.82, 2.24) is 0 Å². The molecule has 86 valence electrons. The van der Waals surface area contributed by atoms with Crippen molar-refractivity contribution >= 4 is 28.2 Å². The van der Waals surface area contributed by atoms with Gasteiger partial charge in [0.1, 0.15) is 6.29 Å². The second kappa shape index (κ2) is 9.90. The van der Waals surface area contributed by atoms with Crippen LogP contribution in [0.25, 0.3) is 0 Å². The predicted octanol–water partition coefficient (Wildman–Crippen LogP) is 2.63. The Morgan fingerprint density at radius 2 is 1.93 bits per heavy atom. The van der Waals surface area contributed by atoms with Gasteiger partial charge in [-0.15, -0.1) is 0 Å². The van der Waals surface area contributed by atoms with E-state index < -0.39 is 0 Å². The summed E-state index contributed by atoms with van der Waals surface area (Å²) in [6.45, 7) is 0. The molecule has 0 aliphatic rings. The first-order valence-electron chi connectivity index (χ1n) is 5.03. The van der Waals surface area contributed by atoms with E-state index in [9.17, 15) is 9.59 Å². The molecule has 0 radical (unpaired) electrons. The lowest BCUT2D eigenvalue weighted by Crippen LogP contribution is -2.05. The van der Waals surface area contributed by atoms with Crippen molar-refractivity contribution in [3.63, 3.8) is 0 Å². The monoisotopic (exact) mass is 276 g/mol. The molecule has 0 amide bonds. The van der Waals surface area contributed by atoms with Crippen LogP contribution in [0.2, 0.25) is 0 Å². The smallest absolute Gasteiger partial charge is 0.334 e. The molecule has 0 aliphatic carbocycles. The number of methoxy groups -OCH3 is 1. The molecule has 0 rings (SSSR count). The topological polar surface area (TPSA) is 43.4 Å². The SMILES string of the molecule is COC(=O)/C(=C/CCCCCC=O)CBr. The molecule has 0 aromatic carbocycles. The van der Waals surface area contributed by atoms with Crippen molar-refractivity contribution in [2.45, 2.75) is 32.1 Å². The molecule has 0 bridgehead atoms. The third-order valence-electron chi connectivity index (χ3n) is 2.01. The standard InChI is InChI=1S/C11H17BrO3/c1-15-11(14)10(9-12)7-5-3-2-4-6-8-13/h7-8H,2-6,9H2,1H3/b10-7+. The van der Waals surface area contributed by atoms with E-state index in [4.69, 9.17) is 0 Å². The predicted molar refractivity (Wildman–Crippen MR) is 63.0 cm³/mol. The summed E-state index contributed by atoms with van der Waals surface area (Å²) < 4.78 is 4.62. The lowest BCUT2D eigenvalue weighted by atomic mass is 10.1. The van der Waals surface area contributed by atoms with E-state index in [1.165, 1.54) is 7.11 Å². The number of aldehydes is 1. The molecule has 0 unspecified atom stereocenters. The summed E-state index contributed by atoms with van der Waals surface area (Å²) in [6, 6.07) is 0. The molecule has 0 saturated carbocycles. The van der Waals surface area contributed by atoms with Gasteiger partial charge in [-0.1, -0.05) is 28.4 Å². The van der Waals surface area contributed by atoms with Crippen LogP contribution in [0.15, 0.2) is 11.6 Å². The zero-order valence-electron chi connectivity index (χ0n) is 9.00. The van der Waals surface area contributed by atoms with Crippen LogP contribution in [0, 0.1) is 0 Å². The van der Waals surface area contributed by atoms with E-state index in [0.29, 0.717) is 17.3 Å². The molecule has 0 atom stereocenters. The van der Waals surface area contributed by atoms with Crippen LogP contribution in [0.4, 0.5) is 0 Å². The lowest BCUT2D eigenvalue weighted by Gasteiger charge is -2.01. The molecular weight excluding hydrogens is 260 g/mol. The number of carbonyl (C=O) groups excluding carboxylic acids is 2.